The number of aromatic nitrogens is 3. The Kier molecular flexibility index (Phi) is 14.6. The van der Waals surface area contributed by atoms with Gasteiger partial charge in [0, 0.05) is 13.0 Å². The summed E-state index contributed by atoms with van der Waals surface area (Å²) in [5.74, 6) is 0.494. The van der Waals surface area contributed by atoms with Gasteiger partial charge in [-0.3, -0.25) is 14.2 Å². The summed E-state index contributed by atoms with van der Waals surface area (Å²) in [5.41, 5.74) is 1.23. The molecule has 0 aliphatic rings. The lowest BCUT2D eigenvalue weighted by molar-refractivity contribution is -0.145. The van der Waals surface area contributed by atoms with Crippen LogP contribution >= 0.6 is 0 Å². The van der Waals surface area contributed by atoms with E-state index in [1.807, 2.05) is 55.5 Å². The third-order valence-electron chi connectivity index (χ3n) is 7.10. The van der Waals surface area contributed by atoms with E-state index < -0.39 is 11.2 Å². The Labute approximate surface area is 254 Å². The molecule has 43 heavy (non-hydrogen) atoms. The molecule has 1 heterocycles. The molecule has 234 valence electrons. The summed E-state index contributed by atoms with van der Waals surface area (Å²) >= 11 is 0. The summed E-state index contributed by atoms with van der Waals surface area (Å²) in [6.45, 7) is 7.00. The maximum absolute atomic E-state index is 13.2. The van der Waals surface area contributed by atoms with Crippen LogP contribution in [0.15, 0.2) is 64.2 Å². The quantitative estimate of drug-likeness (QED) is 0.118. The van der Waals surface area contributed by atoms with Crippen molar-refractivity contribution in [1.82, 2.24) is 14.3 Å². The van der Waals surface area contributed by atoms with E-state index in [0.29, 0.717) is 19.6 Å². The predicted molar refractivity (Wildman–Crippen MR) is 168 cm³/mol. The van der Waals surface area contributed by atoms with Crippen LogP contribution in [-0.4, -0.2) is 39.6 Å². The molecule has 9 heteroatoms. The topological polar surface area (TPSA) is 102 Å². The lowest BCUT2D eigenvalue weighted by atomic mass is 10.1. The van der Waals surface area contributed by atoms with Crippen molar-refractivity contribution in [3.63, 3.8) is 0 Å². The molecule has 0 aliphatic carbocycles. The molecular formula is C34H47N3O6. The van der Waals surface area contributed by atoms with Crippen molar-refractivity contribution in [3.05, 3.63) is 86.6 Å². The van der Waals surface area contributed by atoms with Gasteiger partial charge < -0.3 is 14.2 Å². The van der Waals surface area contributed by atoms with Crippen molar-refractivity contribution in [2.75, 3.05) is 13.2 Å². The van der Waals surface area contributed by atoms with Crippen LogP contribution in [0.25, 0.3) is 0 Å². The fourth-order valence-corrected chi connectivity index (χ4v) is 4.69. The highest BCUT2D eigenvalue weighted by molar-refractivity contribution is 5.68. The van der Waals surface area contributed by atoms with E-state index in [4.69, 9.17) is 14.2 Å². The Balaban J connectivity index is 1.53. The lowest BCUT2D eigenvalue weighted by Crippen LogP contribution is -2.42. The number of rotatable bonds is 20. The fourth-order valence-electron chi connectivity index (χ4n) is 4.69. The third kappa shape index (κ3) is 11.7. The molecule has 3 rings (SSSR count). The highest BCUT2D eigenvalue weighted by Gasteiger charge is 2.15. The van der Waals surface area contributed by atoms with Gasteiger partial charge in [-0.15, -0.1) is 5.10 Å². The van der Waals surface area contributed by atoms with Crippen molar-refractivity contribution in [3.8, 4) is 11.6 Å². The summed E-state index contributed by atoms with van der Waals surface area (Å²) in [6, 6.07) is 17.6. The van der Waals surface area contributed by atoms with E-state index in [0.717, 1.165) is 74.7 Å². The van der Waals surface area contributed by atoms with Gasteiger partial charge in [0.25, 0.3) is 5.88 Å². The number of aryl methyl sites for hydroxylation is 1. The second-order valence-electron chi connectivity index (χ2n) is 10.9. The number of hydrogen-bond donors (Lipinski definition) is 0. The number of ether oxygens (including phenoxy) is 3. The Morgan fingerprint density at radius 1 is 0.884 bits per heavy atom. The van der Waals surface area contributed by atoms with Gasteiger partial charge in [-0.25, -0.2) is 9.48 Å². The second kappa shape index (κ2) is 18.6. The molecule has 0 fully saturated rings. The molecule has 9 nitrogen and oxygen atoms in total. The summed E-state index contributed by atoms with van der Waals surface area (Å²) < 4.78 is 19.5. The van der Waals surface area contributed by atoms with Gasteiger partial charge in [-0.1, -0.05) is 82.0 Å². The maximum atomic E-state index is 13.2. The second-order valence-corrected chi connectivity index (χ2v) is 10.9. The highest BCUT2D eigenvalue weighted by Crippen LogP contribution is 2.17. The fraction of sp³-hybridized carbons (Fsp3) is 0.529. The molecule has 2 aromatic carbocycles. The van der Waals surface area contributed by atoms with Crippen LogP contribution in [0.1, 0.15) is 89.7 Å². The summed E-state index contributed by atoms with van der Waals surface area (Å²) in [6.07, 6.45) is 8.71. The van der Waals surface area contributed by atoms with Crippen LogP contribution in [0.4, 0.5) is 0 Å². The molecule has 1 atom stereocenters. The Bertz CT molecular complexity index is 1370. The first-order valence-electron chi connectivity index (χ1n) is 15.7. The van der Waals surface area contributed by atoms with Gasteiger partial charge in [0.2, 0.25) is 0 Å². The van der Waals surface area contributed by atoms with Crippen LogP contribution in [0.5, 0.6) is 11.6 Å². The molecule has 1 aromatic heterocycles. The standard InChI is InChI=1S/C34H47N3O6/c1-4-6-7-8-14-22-36-33(39)32(35-37(34(36)40)25-29-18-11-9-12-19-29)41-23-15-10-13-17-28-20-16-21-30(24-28)43-27(3)26-42-31(38)5-2/h9,11-12,16,18-21,24,27H,4-8,10,13-15,17,22-23,25-26H2,1-3H3. The van der Waals surface area contributed by atoms with E-state index >= 15 is 0 Å². The normalized spacial score (nSPS) is 11.7. The minimum Gasteiger partial charge on any atom is -0.487 e. The number of hydrogen-bond acceptors (Lipinski definition) is 7. The molecule has 0 bridgehead atoms. The number of esters is 1. The van der Waals surface area contributed by atoms with Gasteiger partial charge in [-0.05, 0) is 62.3 Å². The minimum atomic E-state index is -0.458. The smallest absolute Gasteiger partial charge is 0.347 e. The van der Waals surface area contributed by atoms with Crippen molar-refractivity contribution in [2.45, 2.75) is 104 Å². The first-order valence-corrected chi connectivity index (χ1v) is 15.7. The van der Waals surface area contributed by atoms with Crippen molar-refractivity contribution in [1.29, 1.82) is 0 Å². The molecule has 0 saturated heterocycles. The largest absolute Gasteiger partial charge is 0.487 e. The number of benzene rings is 2. The molecule has 0 N–H and O–H groups in total. The van der Waals surface area contributed by atoms with Crippen molar-refractivity contribution < 1.29 is 19.0 Å². The molecule has 1 unspecified atom stereocenters. The SMILES string of the molecule is CCCCCCCn1c(=O)c(OCCCCCc2cccc(OC(C)COC(=O)CC)c2)nn(Cc2ccccc2)c1=O. The van der Waals surface area contributed by atoms with Crippen LogP contribution in [-0.2, 0) is 29.0 Å². The van der Waals surface area contributed by atoms with Gasteiger partial charge in [0.15, 0.2) is 0 Å². The number of carbonyl (C=O) groups excluding carboxylic acids is 1. The van der Waals surface area contributed by atoms with Crippen molar-refractivity contribution in [2.24, 2.45) is 0 Å². The third-order valence-corrected chi connectivity index (χ3v) is 7.10. The van der Waals surface area contributed by atoms with Crippen molar-refractivity contribution >= 4 is 5.97 Å². The van der Waals surface area contributed by atoms with Gasteiger partial charge in [0.05, 0.1) is 13.2 Å². The highest BCUT2D eigenvalue weighted by atomic mass is 16.6. The van der Waals surface area contributed by atoms with E-state index in [2.05, 4.69) is 18.1 Å². The first kappa shape index (κ1) is 33.6. The van der Waals surface area contributed by atoms with E-state index in [1.165, 1.54) is 9.25 Å². The minimum absolute atomic E-state index is 0.0207. The van der Waals surface area contributed by atoms with Gasteiger partial charge in [-0.2, -0.15) is 0 Å². The lowest BCUT2D eigenvalue weighted by Gasteiger charge is -2.15. The molecule has 0 amide bonds. The monoisotopic (exact) mass is 593 g/mol. The zero-order valence-corrected chi connectivity index (χ0v) is 26.0. The zero-order valence-electron chi connectivity index (χ0n) is 26.0. The zero-order chi connectivity index (χ0) is 30.9. The first-order chi connectivity index (χ1) is 20.9. The predicted octanol–water partition coefficient (Wildman–Crippen LogP) is 5.94. The summed E-state index contributed by atoms with van der Waals surface area (Å²) in [7, 11) is 0. The molecule has 0 aliphatic heterocycles. The summed E-state index contributed by atoms with van der Waals surface area (Å²) in [5, 5.41) is 4.32. The Hall–Kier alpha value is -3.88. The van der Waals surface area contributed by atoms with Crippen LogP contribution in [0, 0.1) is 0 Å². The van der Waals surface area contributed by atoms with Crippen LogP contribution in [0.2, 0.25) is 0 Å². The van der Waals surface area contributed by atoms with Crippen LogP contribution in [0.3, 0.4) is 0 Å². The summed E-state index contributed by atoms with van der Waals surface area (Å²) in [4.78, 5) is 37.7. The van der Waals surface area contributed by atoms with Gasteiger partial charge in [0.1, 0.15) is 18.5 Å². The van der Waals surface area contributed by atoms with E-state index in [1.54, 1.807) is 6.92 Å². The number of unbranched alkanes of at least 4 members (excludes halogenated alkanes) is 6. The number of carbonyl (C=O) groups is 1. The molecular weight excluding hydrogens is 546 g/mol. The van der Waals surface area contributed by atoms with Gasteiger partial charge >= 0.3 is 17.2 Å². The number of nitrogens with zero attached hydrogens (tertiary/aromatic N) is 3. The van der Waals surface area contributed by atoms with E-state index in [-0.39, 0.29) is 31.1 Å². The molecule has 3 aromatic rings. The molecule has 0 spiro atoms. The molecule has 0 saturated carbocycles. The van der Waals surface area contributed by atoms with E-state index in [9.17, 15) is 14.4 Å². The molecule has 0 radical (unpaired) electrons. The maximum Gasteiger partial charge on any atom is 0.347 e. The Morgan fingerprint density at radius 2 is 1.63 bits per heavy atom. The Morgan fingerprint density at radius 3 is 2.40 bits per heavy atom. The van der Waals surface area contributed by atoms with Crippen LogP contribution < -0.4 is 20.7 Å². The average molecular weight is 594 g/mol. The average Bonchev–Trinajstić information content (AvgIpc) is 3.01.